The van der Waals surface area contributed by atoms with Crippen LogP contribution in [0, 0.1) is 0 Å². The molecular formula is C14H15NO5. The second-order valence-electron chi connectivity index (χ2n) is 5.15. The Balaban J connectivity index is 1.76. The van der Waals surface area contributed by atoms with Crippen LogP contribution < -0.4 is 4.74 Å². The Labute approximate surface area is 115 Å². The van der Waals surface area contributed by atoms with E-state index in [1.165, 1.54) is 4.90 Å². The van der Waals surface area contributed by atoms with Crippen molar-refractivity contribution in [1.82, 2.24) is 4.90 Å². The Morgan fingerprint density at radius 3 is 2.75 bits per heavy atom. The van der Waals surface area contributed by atoms with Gasteiger partial charge in [0, 0.05) is 19.4 Å². The number of hydrogen-bond donors (Lipinski definition) is 2. The number of aliphatic hydroxyl groups excluding tert-OH is 1. The first-order valence-electron chi connectivity index (χ1n) is 6.52. The van der Waals surface area contributed by atoms with Crippen LogP contribution >= 0.6 is 0 Å². The number of hydrogen-bond acceptors (Lipinski definition) is 4. The molecule has 0 bridgehead atoms. The number of β-amino-alcohol motifs (C(OH)–C–C–N with tert-alkyl or cyclic N) is 1. The third-order valence-electron chi connectivity index (χ3n) is 3.77. The molecule has 0 aliphatic carbocycles. The SMILES string of the molecule is O=C(O)[C@@H]1CC(O)CN1C(=O)C1Cc2ccccc2O1. The smallest absolute Gasteiger partial charge is 0.326 e. The van der Waals surface area contributed by atoms with Crippen molar-refractivity contribution in [3.8, 4) is 5.75 Å². The lowest BCUT2D eigenvalue weighted by Crippen LogP contribution is -2.47. The first-order chi connectivity index (χ1) is 9.56. The molecule has 6 heteroatoms. The number of aliphatic carboxylic acids is 1. The standard InChI is InChI=1S/C14H15NO5/c16-9-6-10(14(18)19)15(7-9)13(17)12-5-8-3-1-2-4-11(8)20-12/h1-4,9-10,12,16H,5-7H2,(H,18,19)/t9?,10-,12?/m0/s1. The highest BCUT2D eigenvalue weighted by molar-refractivity contribution is 5.88. The minimum atomic E-state index is -1.09. The van der Waals surface area contributed by atoms with Gasteiger partial charge < -0.3 is 19.8 Å². The molecule has 0 aromatic heterocycles. The maximum absolute atomic E-state index is 12.4. The van der Waals surface area contributed by atoms with Gasteiger partial charge in [-0.15, -0.1) is 0 Å². The molecule has 0 saturated carbocycles. The Kier molecular flexibility index (Phi) is 3.10. The molecule has 106 valence electrons. The summed E-state index contributed by atoms with van der Waals surface area (Å²) in [7, 11) is 0. The number of aliphatic hydroxyl groups is 1. The zero-order chi connectivity index (χ0) is 14.3. The molecule has 20 heavy (non-hydrogen) atoms. The minimum absolute atomic E-state index is 0.0476. The number of carbonyl (C=O) groups excluding carboxylic acids is 1. The Morgan fingerprint density at radius 1 is 1.30 bits per heavy atom. The lowest BCUT2D eigenvalue weighted by Gasteiger charge is -2.24. The summed E-state index contributed by atoms with van der Waals surface area (Å²) >= 11 is 0. The van der Waals surface area contributed by atoms with E-state index in [4.69, 9.17) is 9.84 Å². The Hall–Kier alpha value is -2.08. The predicted octanol–water partition coefficient (Wildman–Crippen LogP) is 0.0365. The van der Waals surface area contributed by atoms with Crippen LogP contribution in [0.25, 0.3) is 0 Å². The zero-order valence-corrected chi connectivity index (χ0v) is 10.7. The Morgan fingerprint density at radius 2 is 2.05 bits per heavy atom. The van der Waals surface area contributed by atoms with E-state index < -0.39 is 24.2 Å². The molecule has 1 aromatic carbocycles. The zero-order valence-electron chi connectivity index (χ0n) is 10.7. The van der Waals surface area contributed by atoms with Gasteiger partial charge in [-0.2, -0.15) is 0 Å². The molecule has 2 N–H and O–H groups in total. The van der Waals surface area contributed by atoms with Gasteiger partial charge in [0.05, 0.1) is 6.10 Å². The van der Waals surface area contributed by atoms with Crippen LogP contribution in [-0.2, 0) is 16.0 Å². The highest BCUT2D eigenvalue weighted by Gasteiger charge is 2.43. The van der Waals surface area contributed by atoms with Crippen LogP contribution in [0.4, 0.5) is 0 Å². The van der Waals surface area contributed by atoms with Gasteiger partial charge in [-0.25, -0.2) is 4.79 Å². The molecule has 3 rings (SSSR count). The van der Waals surface area contributed by atoms with Crippen LogP contribution in [-0.4, -0.2) is 51.8 Å². The number of benzene rings is 1. The highest BCUT2D eigenvalue weighted by Crippen LogP contribution is 2.30. The number of amides is 1. The fourth-order valence-electron chi connectivity index (χ4n) is 2.80. The molecule has 6 nitrogen and oxygen atoms in total. The van der Waals surface area contributed by atoms with Gasteiger partial charge in [0.2, 0.25) is 0 Å². The lowest BCUT2D eigenvalue weighted by atomic mass is 10.1. The van der Waals surface area contributed by atoms with Crippen molar-refractivity contribution in [2.24, 2.45) is 0 Å². The second-order valence-corrected chi connectivity index (χ2v) is 5.15. The van der Waals surface area contributed by atoms with Gasteiger partial charge in [0.15, 0.2) is 6.10 Å². The molecule has 0 spiro atoms. The monoisotopic (exact) mass is 277 g/mol. The third kappa shape index (κ3) is 2.12. The lowest BCUT2D eigenvalue weighted by molar-refractivity contribution is -0.150. The van der Waals surface area contributed by atoms with E-state index in [-0.39, 0.29) is 18.9 Å². The highest BCUT2D eigenvalue weighted by atomic mass is 16.5. The van der Waals surface area contributed by atoms with Crippen molar-refractivity contribution in [2.75, 3.05) is 6.54 Å². The molecule has 3 atom stereocenters. The number of carboxylic acid groups (broad SMARTS) is 1. The number of ether oxygens (including phenoxy) is 1. The van der Waals surface area contributed by atoms with Crippen LogP contribution in [0.15, 0.2) is 24.3 Å². The normalized spacial score (nSPS) is 28.1. The molecule has 1 aromatic rings. The van der Waals surface area contributed by atoms with Crippen LogP contribution in [0.3, 0.4) is 0 Å². The maximum Gasteiger partial charge on any atom is 0.326 e. The molecule has 2 aliphatic rings. The summed E-state index contributed by atoms with van der Waals surface area (Å²) in [5, 5.41) is 18.7. The van der Waals surface area contributed by atoms with Crippen molar-refractivity contribution in [3.05, 3.63) is 29.8 Å². The minimum Gasteiger partial charge on any atom is -0.480 e. The molecule has 2 aliphatic heterocycles. The van der Waals surface area contributed by atoms with Crippen LogP contribution in [0.2, 0.25) is 0 Å². The topological polar surface area (TPSA) is 87.1 Å². The number of nitrogens with zero attached hydrogens (tertiary/aromatic N) is 1. The summed E-state index contributed by atoms with van der Waals surface area (Å²) < 4.78 is 5.58. The molecule has 1 fully saturated rings. The van der Waals surface area contributed by atoms with E-state index >= 15 is 0 Å². The van der Waals surface area contributed by atoms with E-state index in [0.717, 1.165) is 5.56 Å². The number of rotatable bonds is 2. The number of fused-ring (bicyclic) bond motifs is 1. The van der Waals surface area contributed by atoms with Gasteiger partial charge in [0.25, 0.3) is 5.91 Å². The third-order valence-corrected chi connectivity index (χ3v) is 3.77. The van der Waals surface area contributed by atoms with E-state index in [1.807, 2.05) is 18.2 Å². The van der Waals surface area contributed by atoms with Crippen molar-refractivity contribution in [2.45, 2.75) is 31.1 Å². The molecule has 2 unspecified atom stereocenters. The van der Waals surface area contributed by atoms with Gasteiger partial charge in [-0.05, 0) is 11.6 Å². The number of carboxylic acids is 1. The van der Waals surface area contributed by atoms with Crippen LogP contribution in [0.5, 0.6) is 5.75 Å². The maximum atomic E-state index is 12.4. The van der Waals surface area contributed by atoms with Crippen molar-refractivity contribution in [1.29, 1.82) is 0 Å². The molecular weight excluding hydrogens is 262 g/mol. The van der Waals surface area contributed by atoms with Gasteiger partial charge in [-0.3, -0.25) is 4.79 Å². The van der Waals surface area contributed by atoms with Gasteiger partial charge in [-0.1, -0.05) is 18.2 Å². The van der Waals surface area contributed by atoms with Crippen molar-refractivity contribution < 1.29 is 24.5 Å². The number of likely N-dealkylation sites (tertiary alicyclic amines) is 1. The summed E-state index contributed by atoms with van der Waals surface area (Å²) in [6.45, 7) is 0.0476. The van der Waals surface area contributed by atoms with Crippen LogP contribution in [0.1, 0.15) is 12.0 Å². The van der Waals surface area contributed by atoms with Gasteiger partial charge >= 0.3 is 5.97 Å². The average Bonchev–Trinajstić information content (AvgIpc) is 3.01. The van der Waals surface area contributed by atoms with Crippen molar-refractivity contribution >= 4 is 11.9 Å². The fraction of sp³-hybridized carbons (Fsp3) is 0.429. The average molecular weight is 277 g/mol. The summed E-state index contributed by atoms with van der Waals surface area (Å²) in [6, 6.07) is 6.40. The summed E-state index contributed by atoms with van der Waals surface area (Å²) in [6.07, 6.45) is -0.974. The first kappa shape index (κ1) is 12.9. The van der Waals surface area contributed by atoms with Gasteiger partial charge in [0.1, 0.15) is 11.8 Å². The summed E-state index contributed by atoms with van der Waals surface area (Å²) in [5.74, 6) is -0.798. The quantitative estimate of drug-likeness (QED) is 0.797. The first-order valence-corrected chi connectivity index (χ1v) is 6.52. The summed E-state index contributed by atoms with van der Waals surface area (Å²) in [4.78, 5) is 24.8. The molecule has 1 saturated heterocycles. The second kappa shape index (κ2) is 4.79. The van der Waals surface area contributed by atoms with E-state index in [2.05, 4.69) is 0 Å². The van der Waals surface area contributed by atoms with E-state index in [9.17, 15) is 14.7 Å². The number of carbonyl (C=O) groups is 2. The van der Waals surface area contributed by atoms with E-state index in [0.29, 0.717) is 12.2 Å². The number of para-hydroxylation sites is 1. The molecule has 0 radical (unpaired) electrons. The Bertz CT molecular complexity index is 533. The molecule has 2 heterocycles. The predicted molar refractivity (Wildman–Crippen MR) is 68.3 cm³/mol. The van der Waals surface area contributed by atoms with Crippen molar-refractivity contribution in [3.63, 3.8) is 0 Å². The largest absolute Gasteiger partial charge is 0.480 e. The fourth-order valence-corrected chi connectivity index (χ4v) is 2.80. The molecule has 1 amide bonds. The summed E-state index contributed by atoms with van der Waals surface area (Å²) in [5.41, 5.74) is 0.942. The van der Waals surface area contributed by atoms with E-state index in [1.54, 1.807) is 6.07 Å².